The normalized spacial score (nSPS) is 17.9. The van der Waals surface area contributed by atoms with Crippen molar-refractivity contribution in [2.24, 2.45) is 4.99 Å². The molecule has 19 heavy (non-hydrogen) atoms. The first-order valence-corrected chi connectivity index (χ1v) is 6.29. The van der Waals surface area contributed by atoms with E-state index >= 15 is 0 Å². The molecule has 2 aromatic rings. The molecule has 0 amide bonds. The van der Waals surface area contributed by atoms with Crippen LogP contribution in [0.15, 0.2) is 53.5 Å². The summed E-state index contributed by atoms with van der Waals surface area (Å²) in [6.45, 7) is 2.60. The summed E-state index contributed by atoms with van der Waals surface area (Å²) < 4.78 is 5.70. The molecule has 0 radical (unpaired) electrons. The van der Waals surface area contributed by atoms with Crippen molar-refractivity contribution in [1.82, 2.24) is 0 Å². The maximum Gasteiger partial charge on any atom is 0.217 e. The summed E-state index contributed by atoms with van der Waals surface area (Å²) in [6.07, 6.45) is 0. The zero-order valence-electron chi connectivity index (χ0n) is 10.7. The fourth-order valence-electron chi connectivity index (χ4n) is 2.20. The van der Waals surface area contributed by atoms with E-state index in [0.29, 0.717) is 12.5 Å². The molecule has 3 heteroatoms. The Balaban J connectivity index is 1.89. The van der Waals surface area contributed by atoms with E-state index in [4.69, 9.17) is 4.74 Å². The molecule has 0 saturated heterocycles. The molecule has 1 unspecified atom stereocenters. The highest BCUT2D eigenvalue weighted by Gasteiger charge is 2.22. The molecule has 3 rings (SSSR count). The first kappa shape index (κ1) is 11.8. The maximum absolute atomic E-state index is 9.30. The van der Waals surface area contributed by atoms with Crippen molar-refractivity contribution in [3.8, 4) is 5.75 Å². The minimum atomic E-state index is 0.00945. The summed E-state index contributed by atoms with van der Waals surface area (Å²) >= 11 is 0. The van der Waals surface area contributed by atoms with Crippen molar-refractivity contribution in [3.05, 3.63) is 65.2 Å². The molecule has 0 spiro atoms. The first-order valence-electron chi connectivity index (χ1n) is 6.29. The van der Waals surface area contributed by atoms with Gasteiger partial charge in [0.2, 0.25) is 5.90 Å². The van der Waals surface area contributed by atoms with Gasteiger partial charge in [-0.3, -0.25) is 0 Å². The summed E-state index contributed by atoms with van der Waals surface area (Å²) in [4.78, 5) is 4.63. The van der Waals surface area contributed by atoms with Gasteiger partial charge >= 0.3 is 0 Å². The second-order valence-corrected chi connectivity index (χ2v) is 4.67. The number of benzene rings is 2. The largest absolute Gasteiger partial charge is 0.508 e. The Morgan fingerprint density at radius 1 is 1.11 bits per heavy atom. The van der Waals surface area contributed by atoms with Crippen LogP contribution in [0.5, 0.6) is 5.75 Å². The van der Waals surface area contributed by atoms with Crippen LogP contribution in [-0.4, -0.2) is 17.6 Å². The fraction of sp³-hybridized carbons (Fsp3) is 0.188. The quantitative estimate of drug-likeness (QED) is 0.892. The van der Waals surface area contributed by atoms with Crippen molar-refractivity contribution >= 4 is 5.90 Å². The van der Waals surface area contributed by atoms with E-state index in [2.05, 4.69) is 18.0 Å². The zero-order valence-corrected chi connectivity index (χ0v) is 10.7. The van der Waals surface area contributed by atoms with Crippen LogP contribution in [0.25, 0.3) is 0 Å². The van der Waals surface area contributed by atoms with Crippen LogP contribution in [0.3, 0.4) is 0 Å². The standard InChI is InChI=1S/C16H15NO2/c1-11-4-2-3-5-14(11)16-17-15(10-19-16)12-6-8-13(18)9-7-12/h2-9,15,18H,10H2,1H3. The van der Waals surface area contributed by atoms with Gasteiger partial charge in [-0.2, -0.15) is 0 Å². The van der Waals surface area contributed by atoms with E-state index in [-0.39, 0.29) is 11.8 Å². The number of ether oxygens (including phenoxy) is 1. The van der Waals surface area contributed by atoms with Crippen LogP contribution in [0, 0.1) is 6.92 Å². The monoisotopic (exact) mass is 253 g/mol. The van der Waals surface area contributed by atoms with Crippen molar-refractivity contribution < 1.29 is 9.84 Å². The minimum absolute atomic E-state index is 0.00945. The van der Waals surface area contributed by atoms with Gasteiger partial charge in [-0.05, 0) is 36.2 Å². The van der Waals surface area contributed by atoms with Gasteiger partial charge in [-0.15, -0.1) is 0 Å². The molecule has 2 aromatic carbocycles. The van der Waals surface area contributed by atoms with E-state index in [9.17, 15) is 5.11 Å². The molecule has 3 nitrogen and oxygen atoms in total. The molecule has 1 atom stereocenters. The molecular weight excluding hydrogens is 238 g/mol. The first-order chi connectivity index (χ1) is 9.24. The van der Waals surface area contributed by atoms with Crippen LogP contribution in [0.2, 0.25) is 0 Å². The highest BCUT2D eigenvalue weighted by atomic mass is 16.5. The minimum Gasteiger partial charge on any atom is -0.508 e. The molecule has 0 bridgehead atoms. The van der Waals surface area contributed by atoms with E-state index in [1.165, 1.54) is 0 Å². The molecule has 1 heterocycles. The lowest BCUT2D eigenvalue weighted by atomic mass is 10.1. The van der Waals surface area contributed by atoms with E-state index in [0.717, 1.165) is 16.7 Å². The van der Waals surface area contributed by atoms with Crippen LogP contribution in [0.4, 0.5) is 0 Å². The van der Waals surface area contributed by atoms with E-state index in [1.807, 2.05) is 30.3 Å². The Morgan fingerprint density at radius 2 is 1.84 bits per heavy atom. The van der Waals surface area contributed by atoms with Gasteiger partial charge in [0.15, 0.2) is 0 Å². The van der Waals surface area contributed by atoms with Crippen molar-refractivity contribution in [1.29, 1.82) is 0 Å². The summed E-state index contributed by atoms with van der Waals surface area (Å²) in [6, 6.07) is 15.2. The fourth-order valence-corrected chi connectivity index (χ4v) is 2.20. The number of aromatic hydroxyl groups is 1. The third-order valence-electron chi connectivity index (χ3n) is 3.30. The second kappa shape index (κ2) is 4.76. The summed E-state index contributed by atoms with van der Waals surface area (Å²) in [5.74, 6) is 0.974. The molecule has 1 N–H and O–H groups in total. The molecule has 0 aliphatic carbocycles. The topological polar surface area (TPSA) is 41.8 Å². The highest BCUT2D eigenvalue weighted by Crippen LogP contribution is 2.27. The van der Waals surface area contributed by atoms with Gasteiger partial charge in [-0.1, -0.05) is 30.3 Å². The molecule has 0 aromatic heterocycles. The zero-order chi connectivity index (χ0) is 13.2. The lowest BCUT2D eigenvalue weighted by Crippen LogP contribution is -2.03. The Bertz CT molecular complexity index is 617. The summed E-state index contributed by atoms with van der Waals surface area (Å²) in [5, 5.41) is 9.30. The molecule has 0 saturated carbocycles. The van der Waals surface area contributed by atoms with Gasteiger partial charge in [0.25, 0.3) is 0 Å². The van der Waals surface area contributed by atoms with Crippen molar-refractivity contribution in [2.75, 3.05) is 6.61 Å². The van der Waals surface area contributed by atoms with E-state index < -0.39 is 0 Å². The molecule has 96 valence electrons. The number of rotatable bonds is 2. The Labute approximate surface area is 112 Å². The van der Waals surface area contributed by atoms with Crippen LogP contribution >= 0.6 is 0 Å². The number of aryl methyl sites for hydroxylation is 1. The Hall–Kier alpha value is -2.29. The van der Waals surface area contributed by atoms with Crippen molar-refractivity contribution in [3.63, 3.8) is 0 Å². The van der Waals surface area contributed by atoms with Gasteiger partial charge in [0, 0.05) is 5.56 Å². The highest BCUT2D eigenvalue weighted by molar-refractivity contribution is 5.96. The molecule has 1 aliphatic heterocycles. The second-order valence-electron chi connectivity index (χ2n) is 4.67. The maximum atomic E-state index is 9.30. The number of aliphatic imine (C=N–C) groups is 1. The number of hydrogen-bond acceptors (Lipinski definition) is 3. The lowest BCUT2D eigenvalue weighted by Gasteiger charge is -2.04. The third-order valence-corrected chi connectivity index (χ3v) is 3.30. The smallest absolute Gasteiger partial charge is 0.217 e. The van der Waals surface area contributed by atoms with Gasteiger partial charge < -0.3 is 9.84 Å². The van der Waals surface area contributed by atoms with Crippen molar-refractivity contribution in [2.45, 2.75) is 13.0 Å². The lowest BCUT2D eigenvalue weighted by molar-refractivity contribution is 0.319. The SMILES string of the molecule is Cc1ccccc1C1=NC(c2ccc(O)cc2)CO1. The predicted molar refractivity (Wildman–Crippen MR) is 74.5 cm³/mol. The summed E-state index contributed by atoms with van der Waals surface area (Å²) in [7, 11) is 0. The number of phenolic OH excluding ortho intramolecular Hbond substituents is 1. The predicted octanol–water partition coefficient (Wildman–Crippen LogP) is 3.22. The van der Waals surface area contributed by atoms with Crippen LogP contribution < -0.4 is 0 Å². The third kappa shape index (κ3) is 2.32. The summed E-state index contributed by atoms with van der Waals surface area (Å²) in [5.41, 5.74) is 3.26. The number of hydrogen-bond donors (Lipinski definition) is 1. The average molecular weight is 253 g/mol. The number of phenols is 1. The van der Waals surface area contributed by atoms with Crippen LogP contribution in [0.1, 0.15) is 22.7 Å². The molecular formula is C16H15NO2. The van der Waals surface area contributed by atoms with Gasteiger partial charge in [0.05, 0.1) is 0 Å². The Kier molecular flexibility index (Phi) is 2.95. The molecule has 1 aliphatic rings. The van der Waals surface area contributed by atoms with Crippen LogP contribution in [-0.2, 0) is 4.74 Å². The number of nitrogens with zero attached hydrogens (tertiary/aromatic N) is 1. The average Bonchev–Trinajstić information content (AvgIpc) is 2.89. The van der Waals surface area contributed by atoms with E-state index in [1.54, 1.807) is 12.1 Å². The van der Waals surface area contributed by atoms with Gasteiger partial charge in [0.1, 0.15) is 18.4 Å². The Morgan fingerprint density at radius 3 is 2.58 bits per heavy atom. The van der Waals surface area contributed by atoms with Gasteiger partial charge in [-0.25, -0.2) is 4.99 Å². The molecule has 0 fully saturated rings.